The molecule has 0 unspecified atom stereocenters. The largest absolute Gasteiger partial charge is 0.463 e. The predicted molar refractivity (Wildman–Crippen MR) is 85.6 cm³/mol. The van der Waals surface area contributed by atoms with Crippen LogP contribution < -0.4 is 0 Å². The lowest BCUT2D eigenvalue weighted by Crippen LogP contribution is -2.03. The number of aromatic nitrogens is 1. The number of nitrogens with zero attached hydrogens (tertiary/aromatic N) is 2. The molecule has 0 N–H and O–H groups in total. The Kier molecular flexibility index (Phi) is 6.13. The van der Waals surface area contributed by atoms with Crippen molar-refractivity contribution >= 4 is 17.7 Å². The minimum atomic E-state index is -0.711. The number of rotatable bonds is 7. The van der Waals surface area contributed by atoms with E-state index in [1.165, 1.54) is 12.1 Å². The maximum atomic E-state index is 13.0. The van der Waals surface area contributed by atoms with E-state index in [1.807, 2.05) is 12.1 Å². The number of nitro benzene ring substituents is 1. The van der Waals surface area contributed by atoms with Gasteiger partial charge in [0.25, 0.3) is 5.69 Å². The Hall–Kier alpha value is -3.09. The lowest BCUT2D eigenvalue weighted by molar-refractivity contribution is -0.385. The van der Waals surface area contributed by atoms with Crippen LogP contribution in [0.5, 0.6) is 0 Å². The predicted octanol–water partition coefficient (Wildman–Crippen LogP) is 3.32. The van der Waals surface area contributed by atoms with Gasteiger partial charge in [0.1, 0.15) is 5.82 Å². The highest BCUT2D eigenvalue weighted by molar-refractivity contribution is 5.87. The third kappa shape index (κ3) is 5.28. The van der Waals surface area contributed by atoms with Crippen molar-refractivity contribution in [1.29, 1.82) is 0 Å². The summed E-state index contributed by atoms with van der Waals surface area (Å²) in [4.78, 5) is 25.7. The molecule has 1 aromatic heterocycles. The Balaban J connectivity index is 1.84. The summed E-state index contributed by atoms with van der Waals surface area (Å²) >= 11 is 0. The van der Waals surface area contributed by atoms with Crippen LogP contribution in [0.25, 0.3) is 6.08 Å². The second-order valence-corrected chi connectivity index (χ2v) is 4.92. The van der Waals surface area contributed by atoms with Gasteiger partial charge >= 0.3 is 5.97 Å². The van der Waals surface area contributed by atoms with Crippen LogP contribution in [0.4, 0.5) is 10.1 Å². The number of halogens is 1. The SMILES string of the molecule is O=C(C=Cc1ccc(F)cc1[N+](=O)[O-])OCCCc1ccncc1. The second-order valence-electron chi connectivity index (χ2n) is 4.92. The third-order valence-corrected chi connectivity index (χ3v) is 3.19. The number of aryl methyl sites for hydroxylation is 1. The summed E-state index contributed by atoms with van der Waals surface area (Å²) in [5.41, 5.74) is 0.824. The molecule has 0 saturated heterocycles. The lowest BCUT2D eigenvalue weighted by Gasteiger charge is -2.02. The van der Waals surface area contributed by atoms with E-state index >= 15 is 0 Å². The van der Waals surface area contributed by atoms with Crippen molar-refractivity contribution in [1.82, 2.24) is 4.98 Å². The van der Waals surface area contributed by atoms with Crippen LogP contribution in [0, 0.1) is 15.9 Å². The summed E-state index contributed by atoms with van der Waals surface area (Å²) in [5, 5.41) is 10.8. The van der Waals surface area contributed by atoms with E-state index in [2.05, 4.69) is 4.98 Å². The van der Waals surface area contributed by atoms with Gasteiger partial charge in [-0.05, 0) is 48.7 Å². The summed E-state index contributed by atoms with van der Waals surface area (Å²) < 4.78 is 18.1. The molecule has 0 spiro atoms. The highest BCUT2D eigenvalue weighted by atomic mass is 19.1. The maximum Gasteiger partial charge on any atom is 0.330 e. The van der Waals surface area contributed by atoms with Crippen LogP contribution in [0.3, 0.4) is 0 Å². The summed E-state index contributed by atoms with van der Waals surface area (Å²) in [6.07, 6.45) is 7.12. The highest BCUT2D eigenvalue weighted by Gasteiger charge is 2.12. The fourth-order valence-corrected chi connectivity index (χ4v) is 2.02. The number of benzene rings is 1. The van der Waals surface area contributed by atoms with E-state index in [1.54, 1.807) is 12.4 Å². The zero-order valence-corrected chi connectivity index (χ0v) is 12.7. The number of carbonyl (C=O) groups excluding carboxylic acids is 1. The smallest absolute Gasteiger partial charge is 0.330 e. The number of ether oxygens (including phenoxy) is 1. The van der Waals surface area contributed by atoms with Crippen LogP contribution in [0.15, 0.2) is 48.8 Å². The Morgan fingerprint density at radius 3 is 2.75 bits per heavy atom. The van der Waals surface area contributed by atoms with Crippen molar-refractivity contribution < 1.29 is 18.8 Å². The van der Waals surface area contributed by atoms with Gasteiger partial charge in [-0.15, -0.1) is 0 Å². The molecule has 7 heteroatoms. The summed E-state index contributed by atoms with van der Waals surface area (Å²) in [7, 11) is 0. The van der Waals surface area contributed by atoms with Crippen LogP contribution >= 0.6 is 0 Å². The van der Waals surface area contributed by atoms with Gasteiger partial charge in [-0.25, -0.2) is 9.18 Å². The van der Waals surface area contributed by atoms with E-state index in [0.717, 1.165) is 30.2 Å². The van der Waals surface area contributed by atoms with Gasteiger partial charge < -0.3 is 4.74 Å². The zero-order valence-electron chi connectivity index (χ0n) is 12.7. The van der Waals surface area contributed by atoms with Crippen LogP contribution in [0.2, 0.25) is 0 Å². The molecule has 0 bridgehead atoms. The molecule has 24 heavy (non-hydrogen) atoms. The third-order valence-electron chi connectivity index (χ3n) is 3.19. The quantitative estimate of drug-likeness (QED) is 0.256. The van der Waals surface area contributed by atoms with Gasteiger partial charge in [0.2, 0.25) is 0 Å². The first kappa shape index (κ1) is 17.3. The first-order valence-corrected chi connectivity index (χ1v) is 7.24. The van der Waals surface area contributed by atoms with Gasteiger partial charge in [-0.3, -0.25) is 15.1 Å². The van der Waals surface area contributed by atoms with Crippen molar-refractivity contribution in [2.75, 3.05) is 6.61 Å². The average molecular weight is 330 g/mol. The molecule has 0 atom stereocenters. The molecule has 6 nitrogen and oxygen atoms in total. The number of esters is 1. The molecule has 1 heterocycles. The van der Waals surface area contributed by atoms with E-state index in [9.17, 15) is 19.3 Å². The van der Waals surface area contributed by atoms with Crippen LogP contribution in [-0.4, -0.2) is 22.5 Å². The molecule has 1 aromatic carbocycles. The van der Waals surface area contributed by atoms with Gasteiger partial charge in [0.05, 0.1) is 23.2 Å². The van der Waals surface area contributed by atoms with Crippen molar-refractivity contribution in [3.8, 4) is 0 Å². The number of carbonyl (C=O) groups is 1. The van der Waals surface area contributed by atoms with Crippen molar-refractivity contribution in [3.05, 3.63) is 75.9 Å². The normalized spacial score (nSPS) is 10.7. The Labute approximate surface area is 137 Å². The second kappa shape index (κ2) is 8.52. The van der Waals surface area contributed by atoms with E-state index in [0.29, 0.717) is 6.42 Å². The fraction of sp³-hybridized carbons (Fsp3) is 0.176. The standard InChI is InChI=1S/C17H15FN2O4/c18-15-5-3-14(16(12-15)20(22)23)4-6-17(21)24-11-1-2-13-7-9-19-10-8-13/h3-10,12H,1-2,11H2. The minimum absolute atomic E-state index is 0.134. The molecule has 2 rings (SSSR count). The minimum Gasteiger partial charge on any atom is -0.463 e. The van der Waals surface area contributed by atoms with E-state index < -0.39 is 22.4 Å². The van der Waals surface area contributed by atoms with Crippen molar-refractivity contribution in [3.63, 3.8) is 0 Å². The summed E-state index contributed by atoms with van der Waals surface area (Å²) in [5.74, 6) is -1.32. The fourth-order valence-electron chi connectivity index (χ4n) is 2.02. The molecule has 0 aliphatic rings. The number of pyridine rings is 1. The highest BCUT2D eigenvalue weighted by Crippen LogP contribution is 2.21. The molecule has 2 aromatic rings. The number of hydrogen-bond acceptors (Lipinski definition) is 5. The number of nitro groups is 1. The van der Waals surface area contributed by atoms with E-state index in [4.69, 9.17) is 4.74 Å². The first-order valence-electron chi connectivity index (χ1n) is 7.24. The average Bonchev–Trinajstić information content (AvgIpc) is 2.58. The molecule has 0 aliphatic carbocycles. The molecular weight excluding hydrogens is 315 g/mol. The first-order chi connectivity index (χ1) is 11.6. The van der Waals surface area contributed by atoms with Gasteiger partial charge in [0, 0.05) is 18.5 Å². The monoisotopic (exact) mass is 330 g/mol. The molecule has 0 fully saturated rings. The molecule has 0 radical (unpaired) electrons. The van der Waals surface area contributed by atoms with Gasteiger partial charge in [-0.1, -0.05) is 0 Å². The van der Waals surface area contributed by atoms with Gasteiger partial charge in [0.15, 0.2) is 0 Å². The Morgan fingerprint density at radius 2 is 2.04 bits per heavy atom. The molecule has 0 saturated carbocycles. The zero-order chi connectivity index (χ0) is 17.4. The maximum absolute atomic E-state index is 13.0. The Bertz CT molecular complexity index is 748. The molecule has 0 amide bonds. The Morgan fingerprint density at radius 1 is 1.29 bits per heavy atom. The summed E-state index contributed by atoms with van der Waals surface area (Å²) in [6.45, 7) is 0.233. The van der Waals surface area contributed by atoms with Crippen LogP contribution in [0.1, 0.15) is 17.5 Å². The number of hydrogen-bond donors (Lipinski definition) is 0. The van der Waals surface area contributed by atoms with Gasteiger partial charge in [-0.2, -0.15) is 0 Å². The molecule has 0 aliphatic heterocycles. The van der Waals surface area contributed by atoms with Crippen LogP contribution in [-0.2, 0) is 16.0 Å². The van der Waals surface area contributed by atoms with E-state index in [-0.39, 0.29) is 12.2 Å². The lowest BCUT2D eigenvalue weighted by atomic mass is 10.1. The van der Waals surface area contributed by atoms with Crippen molar-refractivity contribution in [2.45, 2.75) is 12.8 Å². The summed E-state index contributed by atoms with van der Waals surface area (Å²) in [6, 6.07) is 6.90. The molecular formula is C17H15FN2O4. The van der Waals surface area contributed by atoms with Crippen molar-refractivity contribution in [2.24, 2.45) is 0 Å². The topological polar surface area (TPSA) is 82.3 Å². The molecule has 124 valence electrons.